The fourth-order valence-corrected chi connectivity index (χ4v) is 5.39. The highest BCUT2D eigenvalue weighted by molar-refractivity contribution is 7.22. The van der Waals surface area contributed by atoms with Crippen LogP contribution in [0.5, 0.6) is 0 Å². The van der Waals surface area contributed by atoms with E-state index in [2.05, 4.69) is 57.7 Å². The first-order valence-corrected chi connectivity index (χ1v) is 10.7. The number of halogens is 2. The van der Waals surface area contributed by atoms with Gasteiger partial charge in [-0.3, -0.25) is 0 Å². The highest BCUT2D eigenvalue weighted by Crippen LogP contribution is 2.32. The van der Waals surface area contributed by atoms with Crippen LogP contribution in [0.2, 0.25) is 0 Å². The molecule has 0 unspecified atom stereocenters. The first-order valence-electron chi connectivity index (χ1n) is 9.05. The van der Waals surface area contributed by atoms with Crippen molar-refractivity contribution in [2.45, 2.75) is 12.8 Å². The molecule has 1 N–H and O–H groups in total. The predicted octanol–water partition coefficient (Wildman–Crippen LogP) is 6.08. The van der Waals surface area contributed by atoms with Crippen LogP contribution in [0.25, 0.3) is 20.4 Å². The van der Waals surface area contributed by atoms with Crippen LogP contribution in [0.15, 0.2) is 48.5 Å². The van der Waals surface area contributed by atoms with Crippen LogP contribution < -0.4 is 10.2 Å². The maximum Gasteiger partial charge on any atom is 0.186 e. The van der Waals surface area contributed by atoms with Gasteiger partial charge in [-0.1, -0.05) is 46.9 Å². The zero-order chi connectivity index (χ0) is 17.3. The van der Waals surface area contributed by atoms with Crippen molar-refractivity contribution >= 4 is 78.2 Å². The summed E-state index contributed by atoms with van der Waals surface area (Å²) < 4.78 is 2.53. The molecule has 2 aromatic carbocycles. The minimum Gasteiger partial charge on any atom is -0.361 e. The van der Waals surface area contributed by atoms with Gasteiger partial charge in [-0.05, 0) is 43.0 Å². The van der Waals surface area contributed by atoms with Gasteiger partial charge in [0.15, 0.2) is 10.3 Å². The van der Waals surface area contributed by atoms with Crippen molar-refractivity contribution in [3.8, 4) is 0 Å². The molecular weight excluding hydrogens is 431 g/mol. The van der Waals surface area contributed by atoms with Crippen LogP contribution >= 0.6 is 47.5 Å². The number of para-hydroxylation sites is 2. The van der Waals surface area contributed by atoms with Crippen molar-refractivity contribution in [1.29, 1.82) is 0 Å². The normalized spacial score (nSPS) is 14.6. The maximum absolute atomic E-state index is 4.80. The number of rotatable bonds is 4. The van der Waals surface area contributed by atoms with Crippen molar-refractivity contribution in [3.05, 3.63) is 48.5 Å². The van der Waals surface area contributed by atoms with Gasteiger partial charge < -0.3 is 10.2 Å². The molecule has 1 saturated heterocycles. The van der Waals surface area contributed by atoms with E-state index in [4.69, 9.17) is 4.98 Å². The fourth-order valence-electron chi connectivity index (χ4n) is 3.50. The molecule has 8 heteroatoms. The Balaban J connectivity index is 0.00000112. The standard InChI is InChI=1S/C20H20N4S2.2ClH/c1-3-7-17-15(5-1)22-19(25-17)21-13-14-9-11-24(12-10-14)20-23-16-6-2-4-8-18(16)26-20;;/h1-8,14H,9-13H2,(H,21,22);2*1H. The number of piperidine rings is 1. The molecule has 1 aliphatic rings. The SMILES string of the molecule is Cl.Cl.c1ccc2sc(NCC3CCN(c4nc5ccccc5s4)CC3)nc2c1. The van der Waals surface area contributed by atoms with Crippen LogP contribution in [0.3, 0.4) is 0 Å². The van der Waals surface area contributed by atoms with Gasteiger partial charge in [0, 0.05) is 19.6 Å². The topological polar surface area (TPSA) is 41.0 Å². The largest absolute Gasteiger partial charge is 0.361 e. The van der Waals surface area contributed by atoms with Gasteiger partial charge in [0.05, 0.1) is 20.4 Å². The first-order chi connectivity index (χ1) is 12.8. The van der Waals surface area contributed by atoms with E-state index in [1.807, 2.05) is 17.4 Å². The van der Waals surface area contributed by atoms with Gasteiger partial charge in [0.1, 0.15) is 0 Å². The van der Waals surface area contributed by atoms with E-state index in [-0.39, 0.29) is 24.8 Å². The molecule has 0 amide bonds. The molecule has 5 rings (SSSR count). The summed E-state index contributed by atoms with van der Waals surface area (Å²) >= 11 is 3.55. The van der Waals surface area contributed by atoms with Gasteiger partial charge >= 0.3 is 0 Å². The van der Waals surface area contributed by atoms with E-state index in [0.29, 0.717) is 5.92 Å². The third kappa shape index (κ3) is 4.35. The number of aromatic nitrogens is 2. The number of hydrogen-bond acceptors (Lipinski definition) is 6. The number of thiazole rings is 2. The zero-order valence-corrected chi connectivity index (χ0v) is 18.5. The van der Waals surface area contributed by atoms with Gasteiger partial charge in [-0.25, -0.2) is 9.97 Å². The molecule has 0 saturated carbocycles. The molecule has 0 radical (unpaired) electrons. The van der Waals surface area contributed by atoms with Crippen molar-refractivity contribution in [3.63, 3.8) is 0 Å². The fraction of sp³-hybridized carbons (Fsp3) is 0.300. The van der Waals surface area contributed by atoms with Crippen molar-refractivity contribution in [2.75, 3.05) is 29.9 Å². The smallest absolute Gasteiger partial charge is 0.186 e. The number of benzene rings is 2. The van der Waals surface area contributed by atoms with Gasteiger partial charge in [-0.15, -0.1) is 24.8 Å². The Kier molecular flexibility index (Phi) is 6.99. The molecule has 1 aliphatic heterocycles. The van der Waals surface area contributed by atoms with E-state index in [1.165, 1.54) is 27.4 Å². The van der Waals surface area contributed by atoms with Gasteiger partial charge in [0.2, 0.25) is 0 Å². The second-order valence-corrected chi connectivity index (χ2v) is 8.80. The summed E-state index contributed by atoms with van der Waals surface area (Å²) in [7, 11) is 0. The van der Waals surface area contributed by atoms with Crippen molar-refractivity contribution in [2.24, 2.45) is 5.92 Å². The van der Waals surface area contributed by atoms with Crippen LogP contribution in [-0.2, 0) is 0 Å². The lowest BCUT2D eigenvalue weighted by Gasteiger charge is -2.31. The lowest BCUT2D eigenvalue weighted by Crippen LogP contribution is -2.35. The summed E-state index contributed by atoms with van der Waals surface area (Å²) in [6.07, 6.45) is 2.40. The third-order valence-electron chi connectivity index (χ3n) is 5.00. The van der Waals surface area contributed by atoms with Crippen molar-refractivity contribution < 1.29 is 0 Å². The Hall–Kier alpha value is -1.60. The summed E-state index contributed by atoms with van der Waals surface area (Å²) in [5, 5.41) is 5.77. The average molecular weight is 453 g/mol. The molecule has 0 atom stereocenters. The van der Waals surface area contributed by atoms with E-state index < -0.39 is 0 Å². The van der Waals surface area contributed by atoms with Gasteiger partial charge in [0.25, 0.3) is 0 Å². The molecule has 4 nitrogen and oxygen atoms in total. The molecule has 28 heavy (non-hydrogen) atoms. The summed E-state index contributed by atoms with van der Waals surface area (Å²) in [5.41, 5.74) is 2.21. The quantitative estimate of drug-likeness (QED) is 0.407. The monoisotopic (exact) mass is 452 g/mol. The number of hydrogen-bond donors (Lipinski definition) is 1. The van der Waals surface area contributed by atoms with Crippen LogP contribution in [-0.4, -0.2) is 29.6 Å². The highest BCUT2D eigenvalue weighted by Gasteiger charge is 2.21. The Morgan fingerprint density at radius 3 is 2.11 bits per heavy atom. The Morgan fingerprint density at radius 2 is 1.46 bits per heavy atom. The number of fused-ring (bicyclic) bond motifs is 2. The molecule has 2 aromatic heterocycles. The first kappa shape index (κ1) is 21.1. The van der Waals surface area contributed by atoms with E-state index in [9.17, 15) is 0 Å². The van der Waals surface area contributed by atoms with E-state index >= 15 is 0 Å². The minimum atomic E-state index is 0. The molecular formula is C20H22Cl2N4S2. The molecule has 0 spiro atoms. The number of nitrogens with zero attached hydrogens (tertiary/aromatic N) is 3. The zero-order valence-electron chi connectivity index (χ0n) is 15.2. The molecule has 3 heterocycles. The maximum atomic E-state index is 4.80. The van der Waals surface area contributed by atoms with Crippen LogP contribution in [0.1, 0.15) is 12.8 Å². The van der Waals surface area contributed by atoms with E-state index in [1.54, 1.807) is 11.3 Å². The van der Waals surface area contributed by atoms with Crippen LogP contribution in [0, 0.1) is 5.92 Å². The lowest BCUT2D eigenvalue weighted by atomic mass is 9.97. The molecule has 4 aromatic rings. The number of anilines is 2. The molecule has 148 valence electrons. The minimum absolute atomic E-state index is 0. The predicted molar refractivity (Wildman–Crippen MR) is 127 cm³/mol. The summed E-state index contributed by atoms with van der Waals surface area (Å²) in [6.45, 7) is 3.19. The van der Waals surface area contributed by atoms with E-state index in [0.717, 1.165) is 35.8 Å². The Bertz CT molecular complexity index is 975. The Morgan fingerprint density at radius 1 is 0.857 bits per heavy atom. The summed E-state index contributed by atoms with van der Waals surface area (Å²) in [6, 6.07) is 16.7. The summed E-state index contributed by atoms with van der Waals surface area (Å²) in [4.78, 5) is 11.9. The molecule has 0 aliphatic carbocycles. The second-order valence-electron chi connectivity index (χ2n) is 6.76. The molecule has 0 bridgehead atoms. The average Bonchev–Trinajstić information content (AvgIpc) is 3.30. The van der Waals surface area contributed by atoms with Gasteiger partial charge in [-0.2, -0.15) is 0 Å². The third-order valence-corrected chi connectivity index (χ3v) is 7.09. The lowest BCUT2D eigenvalue weighted by molar-refractivity contribution is 0.423. The second kappa shape index (κ2) is 9.27. The highest BCUT2D eigenvalue weighted by atomic mass is 35.5. The molecule has 1 fully saturated rings. The van der Waals surface area contributed by atoms with Crippen LogP contribution in [0.4, 0.5) is 10.3 Å². The van der Waals surface area contributed by atoms with Crippen molar-refractivity contribution in [1.82, 2.24) is 9.97 Å². The number of nitrogens with one attached hydrogen (secondary N) is 1. The summed E-state index contributed by atoms with van der Waals surface area (Å²) in [5.74, 6) is 0.702. The Labute approximate surface area is 184 Å².